The summed E-state index contributed by atoms with van der Waals surface area (Å²) in [5.74, 6) is 1.88. The van der Waals surface area contributed by atoms with Crippen LogP contribution in [0.25, 0.3) is 105 Å². The first kappa shape index (κ1) is 29.3. The van der Waals surface area contributed by atoms with Crippen LogP contribution in [0.5, 0.6) is 0 Å². The third kappa shape index (κ3) is 4.63. The molecule has 52 heavy (non-hydrogen) atoms. The van der Waals surface area contributed by atoms with Crippen molar-refractivity contribution < 1.29 is 4.42 Å². The Bertz CT molecular complexity index is 3080. The highest BCUT2D eigenvalue weighted by atomic mass is 32.1. The van der Waals surface area contributed by atoms with E-state index in [0.717, 1.165) is 62.4 Å². The smallest absolute Gasteiger partial charge is 0.164 e. The summed E-state index contributed by atoms with van der Waals surface area (Å²) in [4.78, 5) is 16.7. The molecule has 0 saturated heterocycles. The highest BCUT2D eigenvalue weighted by molar-refractivity contribution is 7.20. The second kappa shape index (κ2) is 11.6. The van der Waals surface area contributed by atoms with Crippen molar-refractivity contribution in [2.75, 3.05) is 0 Å². The third-order valence-electron chi connectivity index (χ3n) is 10.4. The summed E-state index contributed by atoms with van der Waals surface area (Å²) >= 11 is 1.89. The van der Waals surface area contributed by atoms with E-state index in [1.165, 1.54) is 42.2 Å². The summed E-state index contributed by atoms with van der Waals surface area (Å²) in [5, 5.41) is 8.22. The SMILES string of the molecule is C1=Cc2sc3c(-c4ccc5c(c4)oc4cccc(-c6nc(-c7ccccc7)nc(-c7ccc8c(ccc9ccccc98)c7)n6)c45)cccc3c2CC1. The maximum Gasteiger partial charge on any atom is 0.164 e. The van der Waals surface area contributed by atoms with E-state index in [1.54, 1.807) is 0 Å². The van der Waals surface area contributed by atoms with Crippen molar-refractivity contribution in [3.8, 4) is 45.3 Å². The van der Waals surface area contributed by atoms with Crippen LogP contribution < -0.4 is 0 Å². The maximum atomic E-state index is 6.60. The van der Waals surface area contributed by atoms with Gasteiger partial charge in [-0.25, -0.2) is 15.0 Å². The molecule has 11 rings (SSSR count). The lowest BCUT2D eigenvalue weighted by Gasteiger charge is -2.10. The van der Waals surface area contributed by atoms with Crippen LogP contribution in [0.4, 0.5) is 0 Å². The van der Waals surface area contributed by atoms with Crippen LogP contribution >= 0.6 is 11.3 Å². The number of furan rings is 1. The zero-order valence-electron chi connectivity index (χ0n) is 28.0. The highest BCUT2D eigenvalue weighted by Gasteiger charge is 2.20. The van der Waals surface area contributed by atoms with Gasteiger partial charge < -0.3 is 4.42 Å². The fourth-order valence-electron chi connectivity index (χ4n) is 7.90. The Kier molecular flexibility index (Phi) is 6.51. The average Bonchev–Trinajstić information content (AvgIpc) is 3.79. The van der Waals surface area contributed by atoms with Crippen LogP contribution in [0.3, 0.4) is 0 Å². The van der Waals surface area contributed by atoms with Crippen molar-refractivity contribution in [1.82, 2.24) is 15.0 Å². The molecule has 0 radical (unpaired) electrons. The van der Waals surface area contributed by atoms with E-state index in [9.17, 15) is 0 Å². The molecule has 0 aliphatic heterocycles. The number of aryl methyl sites for hydroxylation is 1. The number of aromatic nitrogens is 3. The summed E-state index contributed by atoms with van der Waals surface area (Å²) in [6.07, 6.45) is 6.78. The first-order chi connectivity index (χ1) is 25.7. The number of hydrogen-bond donors (Lipinski definition) is 0. The van der Waals surface area contributed by atoms with Crippen LogP contribution in [0.15, 0.2) is 150 Å². The van der Waals surface area contributed by atoms with Crippen LogP contribution in [-0.2, 0) is 6.42 Å². The van der Waals surface area contributed by atoms with Gasteiger partial charge in [0, 0.05) is 37.0 Å². The third-order valence-corrected chi connectivity index (χ3v) is 11.6. The molecule has 5 heteroatoms. The zero-order chi connectivity index (χ0) is 34.2. The summed E-state index contributed by atoms with van der Waals surface area (Å²) in [6.45, 7) is 0. The topological polar surface area (TPSA) is 51.8 Å². The molecule has 0 N–H and O–H groups in total. The molecule has 1 aliphatic rings. The minimum absolute atomic E-state index is 0.613. The van der Waals surface area contributed by atoms with Crippen molar-refractivity contribution >= 4 is 71.0 Å². The highest BCUT2D eigenvalue weighted by Crippen LogP contribution is 2.43. The van der Waals surface area contributed by atoms with Gasteiger partial charge in [0.05, 0.1) is 0 Å². The monoisotopic (exact) mass is 683 g/mol. The predicted molar refractivity (Wildman–Crippen MR) is 217 cm³/mol. The van der Waals surface area contributed by atoms with Gasteiger partial charge in [0.1, 0.15) is 11.2 Å². The van der Waals surface area contributed by atoms with Crippen LogP contribution in [-0.4, -0.2) is 15.0 Å². The van der Waals surface area contributed by atoms with Crippen molar-refractivity contribution in [1.29, 1.82) is 0 Å². The van der Waals surface area contributed by atoms with Crippen molar-refractivity contribution in [3.63, 3.8) is 0 Å². The molecule has 0 saturated carbocycles. The molecule has 244 valence electrons. The normalized spacial score (nSPS) is 12.8. The Morgan fingerprint density at radius 2 is 1.23 bits per heavy atom. The molecule has 0 spiro atoms. The predicted octanol–water partition coefficient (Wildman–Crippen LogP) is 12.9. The Labute approximate surface area is 303 Å². The average molecular weight is 684 g/mol. The largest absolute Gasteiger partial charge is 0.456 e. The summed E-state index contributed by atoms with van der Waals surface area (Å²) in [6, 6.07) is 48.9. The quantitative estimate of drug-likeness (QED) is 0.173. The van der Waals surface area contributed by atoms with E-state index < -0.39 is 0 Å². The van der Waals surface area contributed by atoms with Gasteiger partial charge in [0.2, 0.25) is 0 Å². The van der Waals surface area contributed by atoms with Crippen molar-refractivity contribution in [2.45, 2.75) is 12.8 Å². The van der Waals surface area contributed by atoms with Crippen LogP contribution in [0.1, 0.15) is 16.9 Å². The Hall–Kier alpha value is -6.43. The molecule has 4 nitrogen and oxygen atoms in total. The molecule has 0 unspecified atom stereocenters. The van der Waals surface area contributed by atoms with Gasteiger partial charge in [0.15, 0.2) is 17.5 Å². The standard InChI is InChI=1S/C47H29N3OS/c1-2-11-29(12-3-1)45-48-46(32-23-24-34-30(26-32)21-20-28-10-4-5-13-33(28)34)50-47(49-45)39-17-9-18-40-43(39)38-25-22-31(27-41(38)51-40)35-15-8-16-37-36-14-6-7-19-42(36)52-44(35)37/h1-5,7-13,15-27H,6,14H2. The van der Waals surface area contributed by atoms with Gasteiger partial charge in [-0.15, -0.1) is 11.3 Å². The fourth-order valence-corrected chi connectivity index (χ4v) is 9.22. The molecular formula is C47H29N3OS. The Balaban J connectivity index is 1.08. The number of allylic oxidation sites excluding steroid dienone is 1. The number of nitrogens with zero attached hydrogens (tertiary/aromatic N) is 3. The van der Waals surface area contributed by atoms with Gasteiger partial charge >= 0.3 is 0 Å². The van der Waals surface area contributed by atoms with Crippen molar-refractivity contribution in [3.05, 3.63) is 156 Å². The summed E-state index contributed by atoms with van der Waals surface area (Å²) < 4.78 is 7.94. The molecule has 1 aliphatic carbocycles. The molecule has 7 aromatic carbocycles. The number of thiophene rings is 1. The second-order valence-corrected chi connectivity index (χ2v) is 14.5. The Morgan fingerprint density at radius 1 is 0.500 bits per heavy atom. The van der Waals surface area contributed by atoms with E-state index in [-0.39, 0.29) is 0 Å². The first-order valence-corrected chi connectivity index (χ1v) is 18.5. The zero-order valence-corrected chi connectivity index (χ0v) is 28.8. The van der Waals surface area contributed by atoms with E-state index in [1.807, 2.05) is 53.8 Å². The van der Waals surface area contributed by atoms with Gasteiger partial charge in [-0.05, 0) is 86.8 Å². The lowest BCUT2D eigenvalue weighted by Crippen LogP contribution is -2.00. The Morgan fingerprint density at radius 3 is 2.17 bits per heavy atom. The molecular weight excluding hydrogens is 655 g/mol. The fraction of sp³-hybridized carbons (Fsp3) is 0.0426. The van der Waals surface area contributed by atoms with Crippen LogP contribution in [0.2, 0.25) is 0 Å². The molecule has 10 aromatic rings. The minimum Gasteiger partial charge on any atom is -0.456 e. The van der Waals surface area contributed by atoms with Gasteiger partial charge in [-0.2, -0.15) is 0 Å². The molecule has 3 heterocycles. The molecule has 0 fully saturated rings. The van der Waals surface area contributed by atoms with E-state index in [0.29, 0.717) is 17.5 Å². The van der Waals surface area contributed by atoms with Gasteiger partial charge in [0.25, 0.3) is 0 Å². The number of benzene rings is 7. The maximum absolute atomic E-state index is 6.60. The van der Waals surface area contributed by atoms with Gasteiger partial charge in [-0.1, -0.05) is 121 Å². The first-order valence-electron chi connectivity index (χ1n) is 17.7. The lowest BCUT2D eigenvalue weighted by molar-refractivity contribution is 0.669. The molecule has 0 atom stereocenters. The minimum atomic E-state index is 0.613. The molecule has 0 bridgehead atoms. The van der Waals surface area contributed by atoms with Gasteiger partial charge in [-0.3, -0.25) is 0 Å². The van der Waals surface area contributed by atoms with Crippen molar-refractivity contribution in [2.24, 2.45) is 0 Å². The summed E-state index contributed by atoms with van der Waals surface area (Å²) in [7, 11) is 0. The van der Waals surface area contributed by atoms with E-state index in [4.69, 9.17) is 19.4 Å². The van der Waals surface area contributed by atoms with Crippen LogP contribution in [0, 0.1) is 0 Å². The van der Waals surface area contributed by atoms with E-state index >= 15 is 0 Å². The number of hydrogen-bond acceptors (Lipinski definition) is 5. The number of fused-ring (bicyclic) bond motifs is 9. The summed E-state index contributed by atoms with van der Waals surface area (Å²) in [5.41, 5.74) is 8.31. The lowest BCUT2D eigenvalue weighted by atomic mass is 9.97. The van der Waals surface area contributed by atoms with E-state index in [2.05, 4.69) is 109 Å². The number of rotatable bonds is 4. The molecule has 3 aromatic heterocycles. The molecule has 0 amide bonds. The second-order valence-electron chi connectivity index (χ2n) is 13.5.